The molecule has 5 heteroatoms. The first kappa shape index (κ1) is 16.7. The third-order valence-electron chi connectivity index (χ3n) is 3.77. The van der Waals surface area contributed by atoms with Crippen molar-refractivity contribution in [1.29, 1.82) is 0 Å². The molecule has 24 heavy (non-hydrogen) atoms. The van der Waals surface area contributed by atoms with E-state index in [-0.39, 0.29) is 0 Å². The second kappa shape index (κ2) is 7.20. The lowest BCUT2D eigenvalue weighted by Crippen LogP contribution is -2.00. The highest BCUT2D eigenvalue weighted by Crippen LogP contribution is 2.32. The number of hydrogen-bond donors (Lipinski definition) is 2. The van der Waals surface area contributed by atoms with Gasteiger partial charge in [-0.15, -0.1) is 12.6 Å². The third-order valence-corrected chi connectivity index (χ3v) is 4.68. The van der Waals surface area contributed by atoms with Gasteiger partial charge in [-0.2, -0.15) is 0 Å². The second-order valence-corrected chi connectivity index (χ2v) is 6.74. The minimum atomic E-state index is 0.645. The van der Waals surface area contributed by atoms with Crippen LogP contribution in [0.3, 0.4) is 0 Å². The van der Waals surface area contributed by atoms with Crippen molar-refractivity contribution in [3.05, 3.63) is 70.3 Å². The number of aromatic nitrogens is 1. The summed E-state index contributed by atoms with van der Waals surface area (Å²) in [5.41, 5.74) is 4.33. The molecule has 3 rings (SSSR count). The van der Waals surface area contributed by atoms with Crippen molar-refractivity contribution >= 4 is 46.4 Å². The van der Waals surface area contributed by atoms with Crippen molar-refractivity contribution in [2.24, 2.45) is 0 Å². The van der Waals surface area contributed by atoms with Gasteiger partial charge in [-0.05, 0) is 75.9 Å². The molecule has 3 aromatic rings. The van der Waals surface area contributed by atoms with Crippen LogP contribution in [0.5, 0.6) is 0 Å². The van der Waals surface area contributed by atoms with E-state index in [1.807, 2.05) is 55.5 Å². The number of rotatable bonds is 4. The number of carbonyl (C=O) groups excluding carboxylic acids is 1. The normalized spacial score (nSPS) is 10.5. The van der Waals surface area contributed by atoms with Crippen LogP contribution >= 0.6 is 28.6 Å². The van der Waals surface area contributed by atoms with Gasteiger partial charge >= 0.3 is 0 Å². The van der Waals surface area contributed by atoms with Crippen LogP contribution in [0.15, 0.2) is 64.1 Å². The molecule has 1 aromatic heterocycles. The minimum Gasteiger partial charge on any atom is -0.339 e. The monoisotopic (exact) mass is 398 g/mol. The van der Waals surface area contributed by atoms with E-state index in [1.165, 1.54) is 0 Å². The maximum atomic E-state index is 11.5. The van der Waals surface area contributed by atoms with Gasteiger partial charge in [0, 0.05) is 22.3 Å². The molecular formula is C19H15BrN2OS. The van der Waals surface area contributed by atoms with Crippen LogP contribution in [0, 0.1) is 6.92 Å². The Kier molecular flexibility index (Phi) is 5.02. The van der Waals surface area contributed by atoms with Gasteiger partial charge in [-0.3, -0.25) is 4.79 Å². The number of pyridine rings is 1. The zero-order chi connectivity index (χ0) is 17.1. The highest BCUT2D eigenvalue weighted by atomic mass is 79.9. The van der Waals surface area contributed by atoms with Gasteiger partial charge in [0.15, 0.2) is 0 Å². The van der Waals surface area contributed by atoms with E-state index in [1.54, 1.807) is 6.20 Å². The fourth-order valence-corrected chi connectivity index (χ4v) is 3.03. The van der Waals surface area contributed by atoms with Gasteiger partial charge in [0.1, 0.15) is 12.1 Å². The zero-order valence-corrected chi connectivity index (χ0v) is 15.4. The van der Waals surface area contributed by atoms with Gasteiger partial charge in [0.2, 0.25) is 0 Å². The zero-order valence-electron chi connectivity index (χ0n) is 13.0. The smallest absolute Gasteiger partial charge is 0.150 e. The summed E-state index contributed by atoms with van der Waals surface area (Å²) in [7, 11) is 0. The fourth-order valence-electron chi connectivity index (χ4n) is 2.45. The van der Waals surface area contributed by atoms with Gasteiger partial charge in [-0.1, -0.05) is 12.1 Å². The number of anilines is 2. The number of carbonyl (C=O) groups is 1. The molecule has 0 spiro atoms. The van der Waals surface area contributed by atoms with Crippen molar-refractivity contribution < 1.29 is 4.79 Å². The Balaban J connectivity index is 2.10. The van der Waals surface area contributed by atoms with E-state index in [0.29, 0.717) is 11.4 Å². The first-order valence-electron chi connectivity index (χ1n) is 7.35. The number of aldehydes is 1. The first-order valence-corrected chi connectivity index (χ1v) is 8.59. The summed E-state index contributed by atoms with van der Waals surface area (Å²) in [5, 5.41) is 3.30. The summed E-state index contributed by atoms with van der Waals surface area (Å²) in [5.74, 6) is 0.706. The number of benzene rings is 2. The lowest BCUT2D eigenvalue weighted by Gasteiger charge is -2.14. The summed E-state index contributed by atoms with van der Waals surface area (Å²) in [6, 6.07) is 15.5. The van der Waals surface area contributed by atoms with Gasteiger partial charge < -0.3 is 5.32 Å². The van der Waals surface area contributed by atoms with E-state index < -0.39 is 0 Å². The van der Waals surface area contributed by atoms with E-state index in [0.717, 1.165) is 38.0 Å². The molecular weight excluding hydrogens is 384 g/mol. The Hall–Kier alpha value is -2.11. The second-order valence-electron chi connectivity index (χ2n) is 5.37. The van der Waals surface area contributed by atoms with Crippen LogP contribution in [0.25, 0.3) is 11.1 Å². The van der Waals surface area contributed by atoms with Crippen molar-refractivity contribution in [2.45, 2.75) is 11.8 Å². The number of nitrogens with zero attached hydrogens (tertiary/aromatic N) is 1. The SMILES string of the molecule is Cc1c(C=O)cc(-c2cccc(S)c2)cc1Nc1ncccc1Br. The maximum absolute atomic E-state index is 11.5. The van der Waals surface area contributed by atoms with E-state index in [9.17, 15) is 4.79 Å². The molecule has 0 fully saturated rings. The molecule has 0 saturated carbocycles. The third kappa shape index (κ3) is 3.52. The maximum Gasteiger partial charge on any atom is 0.150 e. The van der Waals surface area contributed by atoms with Crippen LogP contribution in [0.1, 0.15) is 15.9 Å². The standard InChI is InChI=1S/C19H15BrN2OS/c1-12-15(11-23)8-14(13-4-2-5-16(24)9-13)10-18(12)22-19-17(20)6-3-7-21-19/h2-11,24H,1H3,(H,21,22). The van der Waals surface area contributed by atoms with Crippen LogP contribution in [-0.4, -0.2) is 11.3 Å². The molecule has 1 N–H and O–H groups in total. The number of nitrogens with one attached hydrogen (secondary N) is 1. The molecule has 0 atom stereocenters. The van der Waals surface area contributed by atoms with Crippen LogP contribution in [0.2, 0.25) is 0 Å². The van der Waals surface area contributed by atoms with Crippen molar-refractivity contribution in [2.75, 3.05) is 5.32 Å². The van der Waals surface area contributed by atoms with Crippen molar-refractivity contribution in [3.8, 4) is 11.1 Å². The highest BCUT2D eigenvalue weighted by molar-refractivity contribution is 9.10. The topological polar surface area (TPSA) is 42.0 Å². The Morgan fingerprint density at radius 1 is 1.12 bits per heavy atom. The van der Waals surface area contributed by atoms with Gasteiger partial charge in [-0.25, -0.2) is 4.98 Å². The average molecular weight is 399 g/mol. The molecule has 0 amide bonds. The number of thiol groups is 1. The van der Waals surface area contributed by atoms with Crippen LogP contribution < -0.4 is 5.32 Å². The fraction of sp³-hybridized carbons (Fsp3) is 0.0526. The van der Waals surface area contributed by atoms with Gasteiger partial charge in [0.25, 0.3) is 0 Å². The van der Waals surface area contributed by atoms with E-state index in [4.69, 9.17) is 0 Å². The Labute approximate surface area is 154 Å². The molecule has 1 heterocycles. The quantitative estimate of drug-likeness (QED) is 0.439. The van der Waals surface area contributed by atoms with E-state index in [2.05, 4.69) is 38.9 Å². The lowest BCUT2D eigenvalue weighted by atomic mass is 9.98. The predicted octanol–water partition coefficient (Wildman–Crippen LogP) is 5.66. The summed E-state index contributed by atoms with van der Waals surface area (Å²) in [4.78, 5) is 16.7. The van der Waals surface area contributed by atoms with Gasteiger partial charge in [0.05, 0.1) is 4.47 Å². The molecule has 3 nitrogen and oxygen atoms in total. The summed E-state index contributed by atoms with van der Waals surface area (Å²) < 4.78 is 0.861. The molecule has 0 bridgehead atoms. The Morgan fingerprint density at radius 3 is 2.67 bits per heavy atom. The Morgan fingerprint density at radius 2 is 1.96 bits per heavy atom. The highest BCUT2D eigenvalue weighted by Gasteiger charge is 2.10. The molecule has 0 radical (unpaired) electrons. The molecule has 0 aliphatic rings. The molecule has 0 aliphatic heterocycles. The first-order chi connectivity index (χ1) is 11.6. The minimum absolute atomic E-state index is 0.645. The predicted molar refractivity (Wildman–Crippen MR) is 104 cm³/mol. The largest absolute Gasteiger partial charge is 0.339 e. The molecule has 120 valence electrons. The lowest BCUT2D eigenvalue weighted by molar-refractivity contribution is 0.112. The molecule has 2 aromatic carbocycles. The average Bonchev–Trinajstić information content (AvgIpc) is 2.58. The summed E-state index contributed by atoms with van der Waals surface area (Å²) in [6.07, 6.45) is 2.60. The molecule has 0 aliphatic carbocycles. The van der Waals surface area contributed by atoms with Crippen LogP contribution in [0.4, 0.5) is 11.5 Å². The Bertz CT molecular complexity index is 912. The summed E-state index contributed by atoms with van der Waals surface area (Å²) in [6.45, 7) is 1.92. The van der Waals surface area contributed by atoms with Crippen LogP contribution in [-0.2, 0) is 0 Å². The summed E-state index contributed by atoms with van der Waals surface area (Å²) >= 11 is 7.87. The number of hydrogen-bond acceptors (Lipinski definition) is 4. The molecule has 0 unspecified atom stereocenters. The van der Waals surface area contributed by atoms with Crippen molar-refractivity contribution in [3.63, 3.8) is 0 Å². The molecule has 0 saturated heterocycles. The van der Waals surface area contributed by atoms with Crippen molar-refractivity contribution in [1.82, 2.24) is 4.98 Å². The number of halogens is 1. The van der Waals surface area contributed by atoms with E-state index >= 15 is 0 Å².